The minimum atomic E-state index is -0.366. The van der Waals surface area contributed by atoms with Gasteiger partial charge in [0.25, 0.3) is 0 Å². The van der Waals surface area contributed by atoms with Gasteiger partial charge >= 0.3 is 0 Å². The van der Waals surface area contributed by atoms with Crippen LogP contribution in [0.2, 0.25) is 0 Å². The molecule has 0 aliphatic rings. The van der Waals surface area contributed by atoms with Gasteiger partial charge in [0.05, 0.1) is 5.69 Å². The van der Waals surface area contributed by atoms with Crippen molar-refractivity contribution in [1.82, 2.24) is 5.43 Å². The molecule has 0 atom stereocenters. The third-order valence-electron chi connectivity index (χ3n) is 2.54. The molecule has 5 heteroatoms. The molecule has 0 radical (unpaired) electrons. The number of rotatable bonds is 4. The van der Waals surface area contributed by atoms with Crippen molar-refractivity contribution in [3.63, 3.8) is 0 Å². The van der Waals surface area contributed by atoms with E-state index in [1.165, 1.54) is 6.07 Å². The standard InChI is InChI=1S/C16H14FN3S/c17-14-10-4-5-11-15(14)19-16(21)20-18-12-6-9-13-7-2-1-3-8-13/h1-12H,(H2,19,20,21)/b9-6+,18-12-. The summed E-state index contributed by atoms with van der Waals surface area (Å²) in [5.41, 5.74) is 4.01. The van der Waals surface area contributed by atoms with E-state index in [4.69, 9.17) is 12.2 Å². The zero-order valence-electron chi connectivity index (χ0n) is 11.2. The molecule has 3 nitrogen and oxygen atoms in total. The molecule has 0 bridgehead atoms. The predicted molar refractivity (Wildman–Crippen MR) is 89.7 cm³/mol. The lowest BCUT2D eigenvalue weighted by atomic mass is 10.2. The Morgan fingerprint density at radius 2 is 1.76 bits per heavy atom. The summed E-state index contributed by atoms with van der Waals surface area (Å²) in [6.07, 6.45) is 5.27. The Morgan fingerprint density at radius 1 is 1.05 bits per heavy atom. The zero-order chi connectivity index (χ0) is 14.9. The Hall–Kier alpha value is -2.53. The van der Waals surface area contributed by atoms with E-state index in [2.05, 4.69) is 15.8 Å². The Labute approximate surface area is 128 Å². The summed E-state index contributed by atoms with van der Waals surface area (Å²) in [5.74, 6) is -0.366. The van der Waals surface area contributed by atoms with Crippen LogP contribution >= 0.6 is 12.2 Å². The van der Waals surface area contributed by atoms with Crippen LogP contribution in [0.4, 0.5) is 10.1 Å². The van der Waals surface area contributed by atoms with Gasteiger partial charge in [-0.15, -0.1) is 0 Å². The van der Waals surface area contributed by atoms with Gasteiger partial charge in [-0.1, -0.05) is 48.5 Å². The molecule has 0 saturated heterocycles. The van der Waals surface area contributed by atoms with Crippen LogP contribution < -0.4 is 10.7 Å². The first-order chi connectivity index (χ1) is 10.3. The normalized spacial score (nSPS) is 10.9. The highest BCUT2D eigenvalue weighted by atomic mass is 32.1. The smallest absolute Gasteiger partial charge is 0.191 e. The number of allylic oxidation sites excluding steroid dienone is 1. The number of halogens is 1. The van der Waals surface area contributed by atoms with Crippen LogP contribution in [-0.2, 0) is 0 Å². The van der Waals surface area contributed by atoms with Crippen LogP contribution in [0.1, 0.15) is 5.56 Å². The summed E-state index contributed by atoms with van der Waals surface area (Å²) in [4.78, 5) is 0. The van der Waals surface area contributed by atoms with Crippen molar-refractivity contribution in [2.45, 2.75) is 0 Å². The van der Waals surface area contributed by atoms with Crippen molar-refractivity contribution in [2.24, 2.45) is 5.10 Å². The molecule has 0 aliphatic carbocycles. The number of anilines is 1. The number of hydrogen-bond acceptors (Lipinski definition) is 2. The fourth-order valence-electron chi connectivity index (χ4n) is 1.57. The number of thiocarbonyl (C=S) groups is 1. The average Bonchev–Trinajstić information content (AvgIpc) is 2.50. The molecule has 106 valence electrons. The van der Waals surface area contributed by atoms with E-state index in [-0.39, 0.29) is 10.9 Å². The molecule has 0 fully saturated rings. The fraction of sp³-hybridized carbons (Fsp3) is 0. The van der Waals surface area contributed by atoms with Gasteiger partial charge in [-0.3, -0.25) is 5.43 Å². The third kappa shape index (κ3) is 5.16. The number of nitrogens with one attached hydrogen (secondary N) is 2. The summed E-state index contributed by atoms with van der Waals surface area (Å²) in [6, 6.07) is 16.2. The highest BCUT2D eigenvalue weighted by Gasteiger charge is 2.01. The van der Waals surface area contributed by atoms with Crippen LogP contribution in [-0.4, -0.2) is 11.3 Å². The van der Waals surface area contributed by atoms with E-state index in [1.807, 2.05) is 36.4 Å². The topological polar surface area (TPSA) is 36.4 Å². The van der Waals surface area contributed by atoms with Crippen molar-refractivity contribution in [1.29, 1.82) is 0 Å². The second-order valence-electron chi connectivity index (χ2n) is 4.09. The molecule has 2 rings (SSSR count). The molecule has 0 unspecified atom stereocenters. The van der Waals surface area contributed by atoms with Gasteiger partial charge in [0.2, 0.25) is 0 Å². The van der Waals surface area contributed by atoms with Crippen molar-refractivity contribution in [3.05, 3.63) is 72.1 Å². The lowest BCUT2D eigenvalue weighted by Crippen LogP contribution is -2.24. The van der Waals surface area contributed by atoms with Crippen molar-refractivity contribution in [2.75, 3.05) is 5.32 Å². The summed E-state index contributed by atoms with van der Waals surface area (Å²) >= 11 is 5.01. The molecule has 2 aromatic rings. The molecule has 0 aliphatic heterocycles. The molecule has 0 aromatic heterocycles. The minimum Gasteiger partial charge on any atom is -0.329 e. The Balaban J connectivity index is 1.80. The third-order valence-corrected chi connectivity index (χ3v) is 2.73. The second-order valence-corrected chi connectivity index (χ2v) is 4.50. The van der Waals surface area contributed by atoms with Crippen LogP contribution in [0.25, 0.3) is 6.08 Å². The van der Waals surface area contributed by atoms with E-state index in [0.717, 1.165) is 5.56 Å². The van der Waals surface area contributed by atoms with Crippen LogP contribution in [0.3, 0.4) is 0 Å². The Morgan fingerprint density at radius 3 is 2.52 bits per heavy atom. The predicted octanol–water partition coefficient (Wildman–Crippen LogP) is 3.81. The molecule has 2 N–H and O–H groups in total. The van der Waals surface area contributed by atoms with E-state index in [0.29, 0.717) is 5.69 Å². The van der Waals surface area contributed by atoms with Crippen LogP contribution in [0.5, 0.6) is 0 Å². The Kier molecular flexibility index (Phi) is 5.60. The van der Waals surface area contributed by atoms with Gasteiger partial charge < -0.3 is 5.32 Å². The fourth-order valence-corrected chi connectivity index (χ4v) is 1.73. The molecular formula is C16H14FN3S. The number of nitrogens with zero attached hydrogens (tertiary/aromatic N) is 1. The zero-order valence-corrected chi connectivity index (χ0v) is 12.0. The van der Waals surface area contributed by atoms with Gasteiger partial charge in [-0.05, 0) is 36.0 Å². The number of benzene rings is 2. The summed E-state index contributed by atoms with van der Waals surface area (Å²) in [6.45, 7) is 0. The van der Waals surface area contributed by atoms with Crippen LogP contribution in [0.15, 0.2) is 65.8 Å². The van der Waals surface area contributed by atoms with Gasteiger partial charge in [0, 0.05) is 6.21 Å². The summed E-state index contributed by atoms with van der Waals surface area (Å²) in [7, 11) is 0. The van der Waals surface area contributed by atoms with Gasteiger partial charge in [0.1, 0.15) is 5.82 Å². The average molecular weight is 299 g/mol. The molecule has 21 heavy (non-hydrogen) atoms. The van der Waals surface area contributed by atoms with Crippen LogP contribution in [0, 0.1) is 5.82 Å². The number of hydrazone groups is 1. The largest absolute Gasteiger partial charge is 0.329 e. The maximum atomic E-state index is 13.4. The quantitative estimate of drug-likeness (QED) is 0.512. The molecule has 0 spiro atoms. The molecular weight excluding hydrogens is 285 g/mol. The molecule has 0 saturated carbocycles. The van der Waals surface area contributed by atoms with E-state index >= 15 is 0 Å². The SMILES string of the molecule is Fc1ccccc1NC(=S)N/N=C\C=C\c1ccccc1. The number of para-hydroxylation sites is 1. The van der Waals surface area contributed by atoms with Gasteiger partial charge in [-0.25, -0.2) is 4.39 Å². The lowest BCUT2D eigenvalue weighted by molar-refractivity contribution is 0.632. The summed E-state index contributed by atoms with van der Waals surface area (Å²) < 4.78 is 13.4. The Bertz CT molecular complexity index is 654. The first-order valence-corrected chi connectivity index (χ1v) is 6.73. The molecule has 0 heterocycles. The highest BCUT2D eigenvalue weighted by molar-refractivity contribution is 7.80. The van der Waals surface area contributed by atoms with Gasteiger partial charge in [-0.2, -0.15) is 5.10 Å². The number of hydrogen-bond donors (Lipinski definition) is 2. The maximum Gasteiger partial charge on any atom is 0.191 e. The molecule has 0 amide bonds. The van der Waals surface area contributed by atoms with Crippen molar-refractivity contribution in [3.8, 4) is 0 Å². The van der Waals surface area contributed by atoms with E-state index in [1.54, 1.807) is 30.5 Å². The minimum absolute atomic E-state index is 0.226. The maximum absolute atomic E-state index is 13.4. The first kappa shape index (κ1) is 14.9. The van der Waals surface area contributed by atoms with Gasteiger partial charge in [0.15, 0.2) is 5.11 Å². The second kappa shape index (κ2) is 7.91. The monoisotopic (exact) mass is 299 g/mol. The molecule has 2 aromatic carbocycles. The summed E-state index contributed by atoms with van der Waals surface area (Å²) in [5, 5.41) is 6.88. The van der Waals surface area contributed by atoms with Crippen molar-refractivity contribution >= 4 is 35.3 Å². The highest BCUT2D eigenvalue weighted by Crippen LogP contribution is 2.11. The lowest BCUT2D eigenvalue weighted by Gasteiger charge is -2.06. The van der Waals surface area contributed by atoms with Crippen molar-refractivity contribution < 1.29 is 4.39 Å². The first-order valence-electron chi connectivity index (χ1n) is 6.32. The van der Waals surface area contributed by atoms with E-state index in [9.17, 15) is 4.39 Å². The van der Waals surface area contributed by atoms with E-state index < -0.39 is 0 Å².